The zero-order chi connectivity index (χ0) is 12.1. The molecule has 0 fully saturated rings. The number of furan rings is 1. The van der Waals surface area contributed by atoms with Crippen LogP contribution < -0.4 is 5.32 Å². The van der Waals surface area contributed by atoms with Gasteiger partial charge in [-0.1, -0.05) is 36.3 Å². The number of hydrogen-bond donors (Lipinski definition) is 1. The molecule has 0 aliphatic carbocycles. The van der Waals surface area contributed by atoms with Gasteiger partial charge in [-0.25, -0.2) is 0 Å². The number of benzene rings is 1. The van der Waals surface area contributed by atoms with Crippen molar-refractivity contribution in [2.75, 3.05) is 0 Å². The van der Waals surface area contributed by atoms with Crippen molar-refractivity contribution in [1.82, 2.24) is 5.32 Å². The van der Waals surface area contributed by atoms with E-state index in [0.717, 1.165) is 11.3 Å². The van der Waals surface area contributed by atoms with Gasteiger partial charge in [0.1, 0.15) is 5.76 Å². The maximum absolute atomic E-state index is 5.46. The topological polar surface area (TPSA) is 25.2 Å². The van der Waals surface area contributed by atoms with Gasteiger partial charge in [0.2, 0.25) is 0 Å². The lowest BCUT2D eigenvalue weighted by Crippen LogP contribution is -2.29. The van der Waals surface area contributed by atoms with Gasteiger partial charge < -0.3 is 4.42 Å². The Morgan fingerprint density at radius 3 is 2.53 bits per heavy atom. The summed E-state index contributed by atoms with van der Waals surface area (Å²) in [6.07, 6.45) is 7.08. The second-order valence-corrected chi connectivity index (χ2v) is 3.91. The van der Waals surface area contributed by atoms with Crippen molar-refractivity contribution in [1.29, 1.82) is 0 Å². The summed E-state index contributed by atoms with van der Waals surface area (Å²) < 4.78 is 5.46. The van der Waals surface area contributed by atoms with Crippen LogP contribution in [0.3, 0.4) is 0 Å². The predicted molar refractivity (Wildman–Crippen MR) is 68.4 cm³/mol. The van der Waals surface area contributed by atoms with E-state index in [9.17, 15) is 0 Å². The van der Waals surface area contributed by atoms with Crippen LogP contribution in [0.5, 0.6) is 0 Å². The zero-order valence-electron chi connectivity index (χ0n) is 9.76. The van der Waals surface area contributed by atoms with E-state index in [1.54, 1.807) is 6.26 Å². The summed E-state index contributed by atoms with van der Waals surface area (Å²) >= 11 is 0. The second kappa shape index (κ2) is 5.38. The van der Waals surface area contributed by atoms with Crippen molar-refractivity contribution < 1.29 is 4.42 Å². The highest BCUT2D eigenvalue weighted by molar-refractivity contribution is 5.27. The van der Waals surface area contributed by atoms with Gasteiger partial charge in [-0.15, -0.1) is 6.42 Å². The van der Waals surface area contributed by atoms with Crippen molar-refractivity contribution in [2.24, 2.45) is 0 Å². The van der Waals surface area contributed by atoms with Crippen LogP contribution >= 0.6 is 0 Å². The molecule has 0 spiro atoms. The van der Waals surface area contributed by atoms with E-state index in [1.165, 1.54) is 0 Å². The van der Waals surface area contributed by atoms with Crippen LogP contribution in [0.2, 0.25) is 0 Å². The highest BCUT2D eigenvalue weighted by Crippen LogP contribution is 2.22. The highest BCUT2D eigenvalue weighted by Gasteiger charge is 2.17. The van der Waals surface area contributed by atoms with E-state index < -0.39 is 0 Å². The molecule has 0 bridgehead atoms. The summed E-state index contributed by atoms with van der Waals surface area (Å²) in [4.78, 5) is 0. The van der Waals surface area contributed by atoms with Gasteiger partial charge in [0.15, 0.2) is 0 Å². The second-order valence-electron chi connectivity index (χ2n) is 3.91. The Morgan fingerprint density at radius 1 is 1.18 bits per heavy atom. The van der Waals surface area contributed by atoms with Gasteiger partial charge in [0, 0.05) is 0 Å². The fourth-order valence-corrected chi connectivity index (χ4v) is 1.74. The molecule has 1 aromatic heterocycles. The normalized spacial score (nSPS) is 13.9. The van der Waals surface area contributed by atoms with E-state index in [0.29, 0.717) is 0 Å². The Morgan fingerprint density at radius 2 is 1.94 bits per heavy atom. The molecule has 1 heterocycles. The Balaban J connectivity index is 2.29. The minimum Gasteiger partial charge on any atom is -0.467 e. The van der Waals surface area contributed by atoms with Crippen molar-refractivity contribution in [3.63, 3.8) is 0 Å². The smallest absolute Gasteiger partial charge is 0.125 e. The molecular weight excluding hydrogens is 210 g/mol. The number of nitrogens with one attached hydrogen (secondary N) is 1. The molecule has 1 aromatic carbocycles. The summed E-state index contributed by atoms with van der Waals surface area (Å²) in [5.74, 6) is 3.55. The minimum atomic E-state index is -0.00898. The third kappa shape index (κ3) is 2.77. The average molecular weight is 225 g/mol. The van der Waals surface area contributed by atoms with Crippen LogP contribution in [-0.4, -0.2) is 6.04 Å². The van der Waals surface area contributed by atoms with Crippen LogP contribution in [0.25, 0.3) is 0 Å². The maximum Gasteiger partial charge on any atom is 0.125 e. The molecule has 0 aliphatic rings. The van der Waals surface area contributed by atoms with E-state index in [4.69, 9.17) is 10.8 Å². The van der Waals surface area contributed by atoms with Gasteiger partial charge in [0.05, 0.1) is 18.3 Å². The quantitative estimate of drug-likeness (QED) is 0.809. The molecule has 17 heavy (non-hydrogen) atoms. The van der Waals surface area contributed by atoms with Crippen LogP contribution in [0.15, 0.2) is 53.1 Å². The Kier molecular flexibility index (Phi) is 3.64. The molecule has 0 radical (unpaired) electrons. The van der Waals surface area contributed by atoms with E-state index in [2.05, 4.69) is 23.4 Å². The van der Waals surface area contributed by atoms with Gasteiger partial charge in [-0.05, 0) is 24.6 Å². The molecular formula is C15H15NO. The monoisotopic (exact) mass is 225 g/mol. The molecule has 0 amide bonds. The van der Waals surface area contributed by atoms with Gasteiger partial charge in [-0.2, -0.15) is 0 Å². The molecule has 0 saturated heterocycles. The first kappa shape index (κ1) is 11.5. The summed E-state index contributed by atoms with van der Waals surface area (Å²) in [5.41, 5.74) is 1.14. The lowest BCUT2D eigenvalue weighted by Gasteiger charge is -2.19. The van der Waals surface area contributed by atoms with Crippen LogP contribution in [-0.2, 0) is 0 Å². The lowest BCUT2D eigenvalue weighted by molar-refractivity contribution is 0.438. The summed E-state index contributed by atoms with van der Waals surface area (Å²) in [6, 6.07) is 13.9. The summed E-state index contributed by atoms with van der Waals surface area (Å²) in [7, 11) is 0. The summed E-state index contributed by atoms with van der Waals surface area (Å²) in [5, 5.41) is 3.36. The molecule has 0 aliphatic heterocycles. The molecule has 2 nitrogen and oxygen atoms in total. The fourth-order valence-electron chi connectivity index (χ4n) is 1.74. The highest BCUT2D eigenvalue weighted by atomic mass is 16.3. The first-order valence-electron chi connectivity index (χ1n) is 5.62. The van der Waals surface area contributed by atoms with Gasteiger partial charge >= 0.3 is 0 Å². The first-order chi connectivity index (χ1) is 8.31. The predicted octanol–water partition coefficient (Wildman–Crippen LogP) is 2.98. The standard InChI is InChI=1S/C15H15NO/c1-3-12(2)16-15(14-10-7-11-17-14)13-8-5-4-6-9-13/h1,4-12,15-16H,2H3. The zero-order valence-corrected chi connectivity index (χ0v) is 9.76. The molecule has 2 rings (SSSR count). The van der Waals surface area contributed by atoms with Gasteiger partial charge in [0.25, 0.3) is 0 Å². The largest absolute Gasteiger partial charge is 0.467 e. The van der Waals surface area contributed by atoms with Crippen LogP contribution in [0.4, 0.5) is 0 Å². The maximum atomic E-state index is 5.46. The third-order valence-electron chi connectivity index (χ3n) is 2.63. The fraction of sp³-hybridized carbons (Fsp3) is 0.200. The first-order valence-corrected chi connectivity index (χ1v) is 5.62. The molecule has 0 saturated carbocycles. The molecule has 2 heteroatoms. The van der Waals surface area contributed by atoms with Crippen LogP contribution in [0.1, 0.15) is 24.3 Å². The number of terminal acetylenes is 1. The molecule has 2 unspecified atom stereocenters. The molecule has 86 valence electrons. The Bertz CT molecular complexity index is 481. The van der Waals surface area contributed by atoms with Crippen molar-refractivity contribution >= 4 is 0 Å². The lowest BCUT2D eigenvalue weighted by atomic mass is 10.0. The number of hydrogen-bond acceptors (Lipinski definition) is 2. The van der Waals surface area contributed by atoms with Gasteiger partial charge in [-0.3, -0.25) is 5.32 Å². The van der Waals surface area contributed by atoms with E-state index >= 15 is 0 Å². The van der Waals surface area contributed by atoms with Crippen molar-refractivity contribution in [3.8, 4) is 12.3 Å². The van der Waals surface area contributed by atoms with E-state index in [-0.39, 0.29) is 12.1 Å². The average Bonchev–Trinajstić information content (AvgIpc) is 2.90. The SMILES string of the molecule is C#CC(C)NC(c1ccccc1)c1ccco1. The number of rotatable bonds is 4. The summed E-state index contributed by atoms with van der Waals surface area (Å²) in [6.45, 7) is 1.96. The third-order valence-corrected chi connectivity index (χ3v) is 2.63. The van der Waals surface area contributed by atoms with Crippen molar-refractivity contribution in [2.45, 2.75) is 19.0 Å². The Labute approximate surface area is 102 Å². The van der Waals surface area contributed by atoms with Crippen molar-refractivity contribution in [3.05, 3.63) is 60.1 Å². The van der Waals surface area contributed by atoms with E-state index in [1.807, 2.05) is 37.3 Å². The Hall–Kier alpha value is -1.98. The minimum absolute atomic E-state index is 0.00255. The van der Waals surface area contributed by atoms with Crippen LogP contribution in [0, 0.1) is 12.3 Å². The molecule has 1 N–H and O–H groups in total. The molecule has 2 atom stereocenters. The molecule has 2 aromatic rings.